The molecule has 1 aromatic carbocycles. The van der Waals surface area contributed by atoms with E-state index in [0.717, 1.165) is 45.6 Å². The SMILES string of the molecule is COc1cc(-c2cnc3cc(OCCN4CCN(CCO)CC4)ccn23)cc(OC(F)F)c1C(=O)NC1CC1. The first kappa shape index (κ1) is 27.1. The molecule has 0 atom stereocenters. The van der Waals surface area contributed by atoms with E-state index < -0.39 is 12.5 Å². The average Bonchev–Trinajstić information content (AvgIpc) is 3.64. The van der Waals surface area contributed by atoms with Crippen LogP contribution in [0.3, 0.4) is 0 Å². The van der Waals surface area contributed by atoms with E-state index in [1.54, 1.807) is 22.9 Å². The molecule has 12 heteroatoms. The van der Waals surface area contributed by atoms with Crippen LogP contribution in [-0.4, -0.2) is 102 Å². The number of hydrogen-bond donors (Lipinski definition) is 2. The first-order chi connectivity index (χ1) is 18.9. The van der Waals surface area contributed by atoms with Crippen molar-refractivity contribution in [2.24, 2.45) is 0 Å². The van der Waals surface area contributed by atoms with E-state index in [-0.39, 0.29) is 29.7 Å². The molecule has 210 valence electrons. The fourth-order valence-electron chi connectivity index (χ4n) is 4.73. The standard InChI is InChI=1S/C27H33F2N5O5/c1-37-22-14-18(15-23(39-27(28)29)25(22)26(36)31-19-2-3-19)21-17-30-24-16-20(4-5-34(21)24)38-13-11-33-8-6-32(7-9-33)10-12-35/h4-5,14-17,19,27,35H,2-3,6-13H2,1H3,(H,31,36). The zero-order valence-corrected chi connectivity index (χ0v) is 21.8. The molecule has 2 aliphatic rings. The van der Waals surface area contributed by atoms with Crippen molar-refractivity contribution in [1.29, 1.82) is 0 Å². The highest BCUT2D eigenvalue weighted by molar-refractivity contribution is 6.01. The minimum Gasteiger partial charge on any atom is -0.496 e. The van der Waals surface area contributed by atoms with E-state index in [2.05, 4.69) is 20.1 Å². The van der Waals surface area contributed by atoms with Gasteiger partial charge in [-0.2, -0.15) is 8.78 Å². The molecule has 1 aliphatic carbocycles. The summed E-state index contributed by atoms with van der Waals surface area (Å²) < 4.78 is 44.5. The number of nitrogens with zero attached hydrogens (tertiary/aromatic N) is 4. The predicted octanol–water partition coefficient (Wildman–Crippen LogP) is 2.49. The van der Waals surface area contributed by atoms with Gasteiger partial charge in [-0.05, 0) is 31.0 Å². The number of alkyl halides is 2. The normalized spacial score (nSPS) is 16.5. The van der Waals surface area contributed by atoms with Crippen LogP contribution in [0.25, 0.3) is 16.9 Å². The second kappa shape index (κ2) is 12.1. The van der Waals surface area contributed by atoms with Gasteiger partial charge in [0.25, 0.3) is 5.91 Å². The first-order valence-electron chi connectivity index (χ1n) is 13.1. The van der Waals surface area contributed by atoms with E-state index in [0.29, 0.717) is 35.8 Å². The fourth-order valence-corrected chi connectivity index (χ4v) is 4.73. The van der Waals surface area contributed by atoms with Crippen LogP contribution in [-0.2, 0) is 0 Å². The number of aliphatic hydroxyl groups is 1. The first-order valence-corrected chi connectivity index (χ1v) is 13.1. The smallest absolute Gasteiger partial charge is 0.387 e. The summed E-state index contributed by atoms with van der Waals surface area (Å²) in [4.78, 5) is 21.8. The van der Waals surface area contributed by atoms with Crippen molar-refractivity contribution < 1.29 is 32.9 Å². The Morgan fingerprint density at radius 2 is 1.85 bits per heavy atom. The number of imidazole rings is 1. The van der Waals surface area contributed by atoms with Crippen LogP contribution < -0.4 is 19.5 Å². The Hall–Kier alpha value is -3.48. The molecular formula is C27H33F2N5O5. The number of hydrogen-bond acceptors (Lipinski definition) is 8. The minimum atomic E-state index is -3.11. The molecule has 1 saturated heterocycles. The summed E-state index contributed by atoms with van der Waals surface area (Å²) in [5, 5.41) is 11.9. The Balaban J connectivity index is 1.31. The quantitative estimate of drug-likeness (QED) is 0.358. The number of ether oxygens (including phenoxy) is 3. The Morgan fingerprint density at radius 1 is 1.13 bits per heavy atom. The number of nitrogens with one attached hydrogen (secondary N) is 1. The summed E-state index contributed by atoms with van der Waals surface area (Å²) >= 11 is 0. The van der Waals surface area contributed by atoms with Gasteiger partial charge >= 0.3 is 6.61 Å². The van der Waals surface area contributed by atoms with E-state index in [4.69, 9.17) is 19.3 Å². The maximum atomic E-state index is 13.3. The molecular weight excluding hydrogens is 512 g/mol. The number of carbonyl (C=O) groups excluding carboxylic acids is 1. The second-order valence-corrected chi connectivity index (χ2v) is 9.67. The van der Waals surface area contributed by atoms with Crippen molar-refractivity contribution in [2.45, 2.75) is 25.5 Å². The maximum Gasteiger partial charge on any atom is 0.387 e. The lowest BCUT2D eigenvalue weighted by atomic mass is 10.1. The predicted molar refractivity (Wildman–Crippen MR) is 140 cm³/mol. The molecule has 3 aromatic rings. The lowest BCUT2D eigenvalue weighted by Crippen LogP contribution is -2.48. The van der Waals surface area contributed by atoms with Crippen LogP contribution in [0.5, 0.6) is 17.2 Å². The van der Waals surface area contributed by atoms with Gasteiger partial charge in [-0.25, -0.2) is 4.98 Å². The van der Waals surface area contributed by atoms with Crippen LogP contribution in [0, 0.1) is 0 Å². The number of rotatable bonds is 12. The molecule has 0 bridgehead atoms. The summed E-state index contributed by atoms with van der Waals surface area (Å²) in [6.45, 7) is 2.86. The second-order valence-electron chi connectivity index (χ2n) is 9.67. The number of pyridine rings is 1. The molecule has 0 radical (unpaired) electrons. The molecule has 2 fully saturated rings. The molecule has 1 saturated carbocycles. The number of benzene rings is 1. The number of methoxy groups -OCH3 is 1. The Labute approximate surface area is 225 Å². The summed E-state index contributed by atoms with van der Waals surface area (Å²) in [5.41, 5.74) is 1.68. The maximum absolute atomic E-state index is 13.3. The van der Waals surface area contributed by atoms with Crippen molar-refractivity contribution in [3.63, 3.8) is 0 Å². The Bertz CT molecular complexity index is 1290. The van der Waals surface area contributed by atoms with E-state index in [1.165, 1.54) is 13.2 Å². The summed E-state index contributed by atoms with van der Waals surface area (Å²) in [6, 6.07) is 6.70. The highest BCUT2D eigenvalue weighted by atomic mass is 19.3. The zero-order chi connectivity index (χ0) is 27.4. The molecule has 0 unspecified atom stereocenters. The van der Waals surface area contributed by atoms with E-state index in [9.17, 15) is 13.6 Å². The monoisotopic (exact) mass is 545 g/mol. The number of halogens is 2. The third-order valence-electron chi connectivity index (χ3n) is 6.98. The number of β-amino-alcohol motifs (C(OH)–C–C–N with tert-alkyl or cyclic N) is 1. The summed E-state index contributed by atoms with van der Waals surface area (Å²) in [7, 11) is 1.38. The van der Waals surface area contributed by atoms with Crippen LogP contribution >= 0.6 is 0 Å². The van der Waals surface area contributed by atoms with Crippen molar-refractivity contribution in [3.8, 4) is 28.5 Å². The third kappa shape index (κ3) is 6.57. The lowest BCUT2D eigenvalue weighted by Gasteiger charge is -2.34. The highest BCUT2D eigenvalue weighted by Gasteiger charge is 2.29. The number of aromatic nitrogens is 2. The molecule has 10 nitrogen and oxygen atoms in total. The number of aliphatic hydroxyl groups excluding tert-OH is 1. The highest BCUT2D eigenvalue weighted by Crippen LogP contribution is 2.37. The van der Waals surface area contributed by atoms with Gasteiger partial charge in [-0.3, -0.25) is 19.0 Å². The molecule has 2 N–H and O–H groups in total. The minimum absolute atomic E-state index is 0.0403. The van der Waals surface area contributed by atoms with E-state index >= 15 is 0 Å². The number of amides is 1. The molecule has 2 aromatic heterocycles. The zero-order valence-electron chi connectivity index (χ0n) is 21.8. The van der Waals surface area contributed by atoms with Crippen LogP contribution in [0.4, 0.5) is 8.78 Å². The number of piperazine rings is 1. The van der Waals surface area contributed by atoms with Crippen molar-refractivity contribution in [3.05, 3.63) is 42.2 Å². The lowest BCUT2D eigenvalue weighted by molar-refractivity contribution is -0.0502. The van der Waals surface area contributed by atoms with Gasteiger partial charge in [-0.15, -0.1) is 0 Å². The largest absolute Gasteiger partial charge is 0.496 e. The van der Waals surface area contributed by atoms with Crippen molar-refractivity contribution in [2.75, 3.05) is 59.6 Å². The molecule has 1 amide bonds. The fraction of sp³-hybridized carbons (Fsp3) is 0.481. The molecule has 5 rings (SSSR count). The molecule has 1 aliphatic heterocycles. The summed E-state index contributed by atoms with van der Waals surface area (Å²) in [5.74, 6) is 0.0338. The molecule has 3 heterocycles. The van der Waals surface area contributed by atoms with Crippen molar-refractivity contribution in [1.82, 2.24) is 24.5 Å². The van der Waals surface area contributed by atoms with E-state index in [1.807, 2.05) is 12.1 Å². The Morgan fingerprint density at radius 3 is 2.51 bits per heavy atom. The van der Waals surface area contributed by atoms with Gasteiger partial charge < -0.3 is 24.6 Å². The van der Waals surface area contributed by atoms with Gasteiger partial charge in [0, 0.05) is 63.1 Å². The van der Waals surface area contributed by atoms with Crippen LogP contribution in [0.2, 0.25) is 0 Å². The van der Waals surface area contributed by atoms with Crippen LogP contribution in [0.1, 0.15) is 23.2 Å². The Kier molecular flexibility index (Phi) is 8.44. The van der Waals surface area contributed by atoms with Gasteiger partial charge in [0.1, 0.15) is 35.1 Å². The molecule has 39 heavy (non-hydrogen) atoms. The summed E-state index contributed by atoms with van der Waals surface area (Å²) in [6.07, 6.45) is 5.13. The molecule has 0 spiro atoms. The van der Waals surface area contributed by atoms with Gasteiger partial charge in [0.15, 0.2) is 0 Å². The van der Waals surface area contributed by atoms with Gasteiger partial charge in [0.2, 0.25) is 0 Å². The number of fused-ring (bicyclic) bond motifs is 1. The third-order valence-corrected chi connectivity index (χ3v) is 6.98. The van der Waals surface area contributed by atoms with Crippen LogP contribution in [0.15, 0.2) is 36.7 Å². The average molecular weight is 546 g/mol. The van der Waals surface area contributed by atoms with Gasteiger partial charge in [-0.1, -0.05) is 0 Å². The topological polar surface area (TPSA) is 101 Å². The van der Waals surface area contributed by atoms with Crippen molar-refractivity contribution >= 4 is 11.6 Å². The number of carbonyl (C=O) groups is 1. The van der Waals surface area contributed by atoms with Gasteiger partial charge in [0.05, 0.1) is 25.6 Å².